The number of rotatable bonds is 7. The fraction of sp³-hybridized carbons (Fsp3) is 0.526. The maximum absolute atomic E-state index is 11.8. The Morgan fingerprint density at radius 2 is 1.88 bits per heavy atom. The predicted octanol–water partition coefficient (Wildman–Crippen LogP) is 4.61. The average Bonchev–Trinajstić information content (AvgIpc) is 2.85. The number of hydrogen-bond donors (Lipinski definition) is 0. The molecule has 0 fully saturated rings. The molecule has 0 unspecified atom stereocenters. The van der Waals surface area contributed by atoms with Gasteiger partial charge in [0.2, 0.25) is 5.75 Å². The van der Waals surface area contributed by atoms with Crippen molar-refractivity contribution < 1.29 is 18.7 Å². The second kappa shape index (κ2) is 7.01. The Morgan fingerprint density at radius 1 is 1.21 bits per heavy atom. The number of benzene rings is 1. The van der Waals surface area contributed by atoms with Gasteiger partial charge in [-0.25, -0.2) is 0 Å². The minimum Gasteiger partial charge on any atom is -0.493 e. The van der Waals surface area contributed by atoms with Gasteiger partial charge in [0, 0.05) is 5.39 Å². The molecule has 0 aliphatic heterocycles. The summed E-state index contributed by atoms with van der Waals surface area (Å²) in [5, 5.41) is 1.66. The Labute approximate surface area is 145 Å². The number of fused-ring (bicyclic) bond motifs is 1. The zero-order chi connectivity index (χ0) is 18.1. The molecule has 0 aliphatic rings. The summed E-state index contributed by atoms with van der Waals surface area (Å²) in [5.41, 5.74) is 1.28. The van der Waals surface area contributed by atoms with Crippen molar-refractivity contribution in [3.8, 4) is 11.5 Å². The molecule has 0 aliphatic carbocycles. The van der Waals surface area contributed by atoms with Gasteiger partial charge in [0.1, 0.15) is 8.07 Å². The molecule has 1 aromatic heterocycles. The fourth-order valence-corrected chi connectivity index (χ4v) is 6.91. The Kier molecular flexibility index (Phi) is 5.43. The molecular formula is C19H28O4Si. The lowest BCUT2D eigenvalue weighted by atomic mass is 10.1. The van der Waals surface area contributed by atoms with Crippen molar-refractivity contribution in [1.29, 1.82) is 0 Å². The Hall–Kier alpha value is -1.75. The van der Waals surface area contributed by atoms with Crippen LogP contribution >= 0.6 is 0 Å². The summed E-state index contributed by atoms with van der Waals surface area (Å²) in [6.45, 7) is 12.8. The molecule has 4 nitrogen and oxygen atoms in total. The van der Waals surface area contributed by atoms with Gasteiger partial charge in [-0.2, -0.15) is 0 Å². The van der Waals surface area contributed by atoms with Crippen LogP contribution in [0.4, 0.5) is 0 Å². The van der Waals surface area contributed by atoms with Gasteiger partial charge in [0.25, 0.3) is 0 Å². The van der Waals surface area contributed by atoms with Gasteiger partial charge in [-0.1, -0.05) is 26.9 Å². The zero-order valence-corrected chi connectivity index (χ0v) is 16.7. The second-order valence-electron chi connectivity index (χ2n) is 7.58. The standard InChI is InChI=1S/C19H28O4Si/c1-12(2)11-24(6,7)19-15(10-20)14-8-9-16(21-5)18(17(14)23-19)22-13(3)4/h8-10,12-13H,11H2,1-7H3. The number of carbonyl (C=O) groups is 1. The van der Waals surface area contributed by atoms with Crippen LogP contribution in [0.2, 0.25) is 19.1 Å². The molecule has 2 aromatic rings. The maximum Gasteiger partial charge on any atom is 0.205 e. The Bertz CT molecular complexity index is 729. The van der Waals surface area contributed by atoms with E-state index in [9.17, 15) is 4.79 Å². The summed E-state index contributed by atoms with van der Waals surface area (Å²) >= 11 is 0. The van der Waals surface area contributed by atoms with Crippen LogP contribution in [-0.4, -0.2) is 27.6 Å². The molecule has 1 heterocycles. The molecule has 0 saturated heterocycles. The highest BCUT2D eigenvalue weighted by Crippen LogP contribution is 2.38. The van der Waals surface area contributed by atoms with Crippen LogP contribution in [0.1, 0.15) is 38.1 Å². The van der Waals surface area contributed by atoms with Crippen molar-refractivity contribution in [3.05, 3.63) is 17.7 Å². The number of carbonyl (C=O) groups excluding carboxylic acids is 1. The van der Waals surface area contributed by atoms with Crippen LogP contribution < -0.4 is 14.9 Å². The topological polar surface area (TPSA) is 48.7 Å². The molecule has 0 saturated carbocycles. The van der Waals surface area contributed by atoms with Crippen LogP contribution in [0.3, 0.4) is 0 Å². The highest BCUT2D eigenvalue weighted by atomic mass is 28.3. The summed E-state index contributed by atoms with van der Waals surface area (Å²) in [5.74, 6) is 1.76. The van der Waals surface area contributed by atoms with Crippen molar-refractivity contribution in [2.24, 2.45) is 5.92 Å². The molecule has 5 heteroatoms. The molecule has 132 valence electrons. The van der Waals surface area contributed by atoms with Gasteiger partial charge in [-0.3, -0.25) is 4.79 Å². The normalized spacial score (nSPS) is 12.2. The maximum atomic E-state index is 11.8. The van der Waals surface area contributed by atoms with Crippen molar-refractivity contribution in [2.75, 3.05) is 7.11 Å². The van der Waals surface area contributed by atoms with Gasteiger partial charge >= 0.3 is 0 Å². The number of ether oxygens (including phenoxy) is 2. The molecule has 1 aromatic carbocycles. The summed E-state index contributed by atoms with van der Waals surface area (Å²) in [6, 6.07) is 4.78. The molecule has 0 radical (unpaired) electrons. The number of furan rings is 1. The Balaban J connectivity index is 2.73. The van der Waals surface area contributed by atoms with Crippen molar-refractivity contribution >= 4 is 30.7 Å². The lowest BCUT2D eigenvalue weighted by Crippen LogP contribution is -2.43. The first-order chi connectivity index (χ1) is 11.2. The predicted molar refractivity (Wildman–Crippen MR) is 101 cm³/mol. The lowest BCUT2D eigenvalue weighted by molar-refractivity contribution is 0.112. The van der Waals surface area contributed by atoms with Crippen molar-refractivity contribution in [1.82, 2.24) is 0 Å². The average molecular weight is 349 g/mol. The van der Waals surface area contributed by atoms with Crippen LogP contribution in [0.5, 0.6) is 11.5 Å². The van der Waals surface area contributed by atoms with E-state index in [2.05, 4.69) is 26.9 Å². The van der Waals surface area contributed by atoms with E-state index < -0.39 is 8.07 Å². The largest absolute Gasteiger partial charge is 0.493 e. The minimum atomic E-state index is -1.88. The molecule has 0 bridgehead atoms. The van der Waals surface area contributed by atoms with Crippen molar-refractivity contribution in [2.45, 2.75) is 52.9 Å². The van der Waals surface area contributed by atoms with Crippen LogP contribution in [-0.2, 0) is 0 Å². The van der Waals surface area contributed by atoms with Gasteiger partial charge in [0.05, 0.1) is 24.2 Å². The third-order valence-corrected chi connectivity index (χ3v) is 7.48. The number of aldehydes is 1. The highest BCUT2D eigenvalue weighted by Gasteiger charge is 2.33. The number of hydrogen-bond acceptors (Lipinski definition) is 4. The SMILES string of the molecule is COc1ccc2c(C=O)c([Si](C)(C)CC(C)C)oc2c1OC(C)C. The van der Waals surface area contributed by atoms with Gasteiger partial charge in [-0.05, 0) is 37.9 Å². The molecule has 0 N–H and O–H groups in total. The second-order valence-corrected chi connectivity index (χ2v) is 12.2. The van der Waals surface area contributed by atoms with Crippen LogP contribution in [0.25, 0.3) is 11.0 Å². The van der Waals surface area contributed by atoms with E-state index >= 15 is 0 Å². The van der Waals surface area contributed by atoms with E-state index in [0.717, 1.165) is 23.1 Å². The first kappa shape index (κ1) is 18.6. The third kappa shape index (κ3) is 3.51. The van der Waals surface area contributed by atoms with E-state index in [0.29, 0.717) is 28.6 Å². The van der Waals surface area contributed by atoms with Crippen LogP contribution in [0, 0.1) is 5.92 Å². The Morgan fingerprint density at radius 3 is 2.38 bits per heavy atom. The van der Waals surface area contributed by atoms with E-state index in [-0.39, 0.29) is 6.10 Å². The molecule has 2 rings (SSSR count). The highest BCUT2D eigenvalue weighted by molar-refractivity contribution is 6.89. The molecule has 0 atom stereocenters. The minimum absolute atomic E-state index is 0.0151. The lowest BCUT2D eigenvalue weighted by Gasteiger charge is -2.22. The van der Waals surface area contributed by atoms with Crippen molar-refractivity contribution in [3.63, 3.8) is 0 Å². The summed E-state index contributed by atoms with van der Waals surface area (Å²) in [4.78, 5) is 11.8. The van der Waals surface area contributed by atoms with E-state index in [1.165, 1.54) is 0 Å². The van der Waals surface area contributed by atoms with Gasteiger partial charge in [0.15, 0.2) is 17.6 Å². The van der Waals surface area contributed by atoms with E-state index in [1.54, 1.807) is 7.11 Å². The first-order valence-corrected chi connectivity index (χ1v) is 11.7. The zero-order valence-electron chi connectivity index (χ0n) is 15.7. The molecule has 0 amide bonds. The summed E-state index contributed by atoms with van der Waals surface area (Å²) in [7, 11) is -0.268. The third-order valence-electron chi connectivity index (χ3n) is 4.04. The molecule has 24 heavy (non-hydrogen) atoms. The summed E-state index contributed by atoms with van der Waals surface area (Å²) in [6.07, 6.45) is 0.903. The summed E-state index contributed by atoms with van der Waals surface area (Å²) < 4.78 is 17.6. The van der Waals surface area contributed by atoms with E-state index in [4.69, 9.17) is 13.9 Å². The van der Waals surface area contributed by atoms with Gasteiger partial charge < -0.3 is 13.9 Å². The fourth-order valence-electron chi connectivity index (χ4n) is 3.38. The monoisotopic (exact) mass is 348 g/mol. The van der Waals surface area contributed by atoms with E-state index in [1.807, 2.05) is 26.0 Å². The quantitative estimate of drug-likeness (QED) is 0.541. The number of methoxy groups -OCH3 is 1. The van der Waals surface area contributed by atoms with Gasteiger partial charge in [-0.15, -0.1) is 0 Å². The van der Waals surface area contributed by atoms with Crippen LogP contribution in [0.15, 0.2) is 16.5 Å². The smallest absolute Gasteiger partial charge is 0.205 e. The molecular weight excluding hydrogens is 320 g/mol. The molecule has 0 spiro atoms. The first-order valence-electron chi connectivity index (χ1n) is 8.47.